The molecule has 5 rings (SSSR count). The summed E-state index contributed by atoms with van der Waals surface area (Å²) in [6.45, 7) is 2.38. The van der Waals surface area contributed by atoms with Crippen molar-refractivity contribution in [3.63, 3.8) is 0 Å². The van der Waals surface area contributed by atoms with Gasteiger partial charge in [-0.15, -0.1) is 0 Å². The molecular weight excluding hydrogens is 436 g/mol. The summed E-state index contributed by atoms with van der Waals surface area (Å²) in [5, 5.41) is 12.3. The molecule has 1 aliphatic rings. The number of hydrogen-bond acceptors (Lipinski definition) is 6. The first-order valence-corrected chi connectivity index (χ1v) is 10.6. The maximum atomic E-state index is 13.4. The molecule has 0 radical (unpaired) electrons. The predicted octanol–water partition coefficient (Wildman–Crippen LogP) is 5.74. The first-order chi connectivity index (χ1) is 16.5. The van der Waals surface area contributed by atoms with Crippen molar-refractivity contribution in [3.8, 4) is 17.2 Å². The van der Waals surface area contributed by atoms with Gasteiger partial charge in [-0.05, 0) is 55.5 Å². The van der Waals surface area contributed by atoms with Crippen LogP contribution in [0.3, 0.4) is 0 Å². The number of hydrogen-bond donors (Lipinski definition) is 0. The Balaban J connectivity index is 1.59. The van der Waals surface area contributed by atoms with Crippen molar-refractivity contribution >= 4 is 34.0 Å². The molecule has 8 nitrogen and oxygen atoms in total. The predicted molar refractivity (Wildman–Crippen MR) is 126 cm³/mol. The van der Waals surface area contributed by atoms with Gasteiger partial charge < -0.3 is 9.47 Å². The van der Waals surface area contributed by atoms with Gasteiger partial charge in [-0.25, -0.2) is 4.90 Å². The van der Waals surface area contributed by atoms with Gasteiger partial charge in [0.1, 0.15) is 11.5 Å². The van der Waals surface area contributed by atoms with E-state index in [9.17, 15) is 19.7 Å². The van der Waals surface area contributed by atoms with E-state index in [0.717, 1.165) is 4.90 Å². The second-order valence-electron chi connectivity index (χ2n) is 7.54. The highest BCUT2D eigenvalue weighted by molar-refractivity contribution is 6.36. The monoisotopic (exact) mass is 454 g/mol. The molecule has 0 saturated carbocycles. The van der Waals surface area contributed by atoms with Crippen LogP contribution in [0.4, 0.5) is 11.4 Å². The molecule has 0 atom stereocenters. The summed E-state index contributed by atoms with van der Waals surface area (Å²) in [4.78, 5) is 38.7. The first kappa shape index (κ1) is 21.1. The van der Waals surface area contributed by atoms with E-state index in [1.807, 2.05) is 6.92 Å². The minimum Gasteiger partial charge on any atom is -0.494 e. The van der Waals surface area contributed by atoms with Gasteiger partial charge in [-0.1, -0.05) is 24.3 Å². The SMILES string of the molecule is CCOc1ccc(N2C(=O)c3cccc4c(Oc5ccccc5[N+](=O)[O-])ccc(c34)C2=O)cc1. The largest absolute Gasteiger partial charge is 0.494 e. The lowest BCUT2D eigenvalue weighted by Crippen LogP contribution is -2.40. The molecule has 0 aromatic heterocycles. The lowest BCUT2D eigenvalue weighted by molar-refractivity contribution is -0.385. The topological polar surface area (TPSA) is 99.0 Å². The van der Waals surface area contributed by atoms with Crippen LogP contribution < -0.4 is 14.4 Å². The van der Waals surface area contributed by atoms with E-state index in [4.69, 9.17) is 9.47 Å². The van der Waals surface area contributed by atoms with E-state index >= 15 is 0 Å². The van der Waals surface area contributed by atoms with Crippen LogP contribution in [0.25, 0.3) is 10.8 Å². The van der Waals surface area contributed by atoms with Gasteiger partial charge >= 0.3 is 5.69 Å². The van der Waals surface area contributed by atoms with Crippen molar-refractivity contribution in [3.05, 3.63) is 100 Å². The van der Waals surface area contributed by atoms with Crippen molar-refractivity contribution < 1.29 is 24.0 Å². The lowest BCUT2D eigenvalue weighted by atomic mass is 9.93. The van der Waals surface area contributed by atoms with Crippen LogP contribution in [-0.2, 0) is 0 Å². The Labute approximate surface area is 194 Å². The smallest absolute Gasteiger partial charge is 0.311 e. The minimum atomic E-state index is -0.526. The molecule has 8 heteroatoms. The van der Waals surface area contributed by atoms with Crippen molar-refractivity contribution in [2.75, 3.05) is 11.5 Å². The van der Waals surface area contributed by atoms with Crippen LogP contribution in [0, 0.1) is 10.1 Å². The van der Waals surface area contributed by atoms with Crippen LogP contribution >= 0.6 is 0 Å². The van der Waals surface area contributed by atoms with Gasteiger partial charge in [0.2, 0.25) is 5.75 Å². The zero-order valence-corrected chi connectivity index (χ0v) is 18.1. The molecule has 1 aliphatic heterocycles. The Hall–Kier alpha value is -4.72. The average molecular weight is 454 g/mol. The standard InChI is InChI=1S/C26H18N2O6/c1-2-33-17-12-10-16(11-13-17)27-25(29)19-7-5-6-18-22(15-14-20(24(18)19)26(27)30)34-23-9-4-3-8-21(23)28(31)32/h3-15H,2H2,1H3. The maximum Gasteiger partial charge on any atom is 0.311 e. The number of nitro benzene ring substituents is 1. The van der Waals surface area contributed by atoms with E-state index in [1.165, 1.54) is 12.1 Å². The zero-order valence-electron chi connectivity index (χ0n) is 18.1. The Morgan fingerprint density at radius 2 is 1.53 bits per heavy atom. The van der Waals surface area contributed by atoms with Gasteiger partial charge in [0.25, 0.3) is 11.8 Å². The molecule has 0 spiro atoms. The van der Waals surface area contributed by atoms with Gasteiger partial charge in [0, 0.05) is 28.0 Å². The fourth-order valence-corrected chi connectivity index (χ4v) is 4.06. The van der Waals surface area contributed by atoms with Gasteiger partial charge in [0.15, 0.2) is 0 Å². The molecule has 0 unspecified atom stereocenters. The van der Waals surface area contributed by atoms with Crippen LogP contribution in [0.15, 0.2) is 78.9 Å². The van der Waals surface area contributed by atoms with Gasteiger partial charge in [-0.2, -0.15) is 0 Å². The summed E-state index contributed by atoms with van der Waals surface area (Å²) in [5.74, 6) is 0.0929. The summed E-state index contributed by atoms with van der Waals surface area (Å²) in [5.41, 5.74) is 0.932. The molecule has 0 bridgehead atoms. The molecule has 4 aromatic rings. The number of para-hydroxylation sites is 2. The summed E-state index contributed by atoms with van der Waals surface area (Å²) in [6.07, 6.45) is 0. The van der Waals surface area contributed by atoms with Crippen LogP contribution in [-0.4, -0.2) is 23.3 Å². The van der Waals surface area contributed by atoms with Crippen molar-refractivity contribution in [2.45, 2.75) is 6.92 Å². The number of ether oxygens (including phenoxy) is 2. The molecule has 34 heavy (non-hydrogen) atoms. The number of carbonyl (C=O) groups is 2. The van der Waals surface area contributed by atoms with Crippen LogP contribution in [0.1, 0.15) is 27.6 Å². The summed E-state index contributed by atoms with van der Waals surface area (Å²) in [7, 11) is 0. The summed E-state index contributed by atoms with van der Waals surface area (Å²) < 4.78 is 11.3. The molecular formula is C26H18N2O6. The highest BCUT2D eigenvalue weighted by Gasteiger charge is 2.34. The third-order valence-electron chi connectivity index (χ3n) is 5.56. The van der Waals surface area contributed by atoms with Crippen molar-refractivity contribution in [2.24, 2.45) is 0 Å². The summed E-state index contributed by atoms with van der Waals surface area (Å²) in [6, 6.07) is 21.0. The molecule has 0 fully saturated rings. The highest BCUT2D eigenvalue weighted by atomic mass is 16.6. The molecule has 0 saturated heterocycles. The van der Waals surface area contributed by atoms with Crippen LogP contribution in [0.5, 0.6) is 17.2 Å². The Morgan fingerprint density at radius 3 is 2.24 bits per heavy atom. The minimum absolute atomic E-state index is 0.0673. The highest BCUT2D eigenvalue weighted by Crippen LogP contribution is 2.40. The number of carbonyl (C=O) groups excluding carboxylic acids is 2. The van der Waals surface area contributed by atoms with E-state index in [2.05, 4.69) is 0 Å². The number of benzene rings is 4. The number of amides is 2. The van der Waals surface area contributed by atoms with Gasteiger partial charge in [0.05, 0.1) is 17.2 Å². The van der Waals surface area contributed by atoms with Crippen molar-refractivity contribution in [1.29, 1.82) is 0 Å². The first-order valence-electron chi connectivity index (χ1n) is 10.6. The van der Waals surface area contributed by atoms with E-state index < -0.39 is 16.7 Å². The molecule has 4 aromatic carbocycles. The van der Waals surface area contributed by atoms with Crippen molar-refractivity contribution in [1.82, 2.24) is 0 Å². The summed E-state index contributed by atoms with van der Waals surface area (Å²) >= 11 is 0. The number of nitro groups is 1. The quantitative estimate of drug-likeness (QED) is 0.209. The molecule has 168 valence electrons. The molecule has 0 aliphatic carbocycles. The van der Waals surface area contributed by atoms with E-state index in [1.54, 1.807) is 66.7 Å². The number of rotatable bonds is 6. The Kier molecular flexibility index (Phi) is 5.18. The third kappa shape index (κ3) is 3.41. The zero-order chi connectivity index (χ0) is 23.8. The van der Waals surface area contributed by atoms with E-state index in [0.29, 0.717) is 45.7 Å². The van der Waals surface area contributed by atoms with E-state index in [-0.39, 0.29) is 11.4 Å². The fourth-order valence-electron chi connectivity index (χ4n) is 4.06. The van der Waals surface area contributed by atoms with Gasteiger partial charge in [-0.3, -0.25) is 19.7 Å². The number of nitrogens with zero attached hydrogens (tertiary/aromatic N) is 2. The Morgan fingerprint density at radius 1 is 0.824 bits per heavy atom. The second-order valence-corrected chi connectivity index (χ2v) is 7.54. The Bertz CT molecular complexity index is 1440. The lowest BCUT2D eigenvalue weighted by Gasteiger charge is -2.27. The second kappa shape index (κ2) is 8.32. The third-order valence-corrected chi connectivity index (χ3v) is 5.56. The number of imide groups is 1. The maximum absolute atomic E-state index is 13.4. The van der Waals surface area contributed by atoms with Crippen LogP contribution in [0.2, 0.25) is 0 Å². The fraction of sp³-hybridized carbons (Fsp3) is 0.0769. The molecule has 1 heterocycles. The molecule has 0 N–H and O–H groups in total. The molecule has 2 amide bonds. The normalized spacial score (nSPS) is 12.7. The average Bonchev–Trinajstić information content (AvgIpc) is 2.84. The number of anilines is 1.